The van der Waals surface area contributed by atoms with E-state index in [0.29, 0.717) is 5.03 Å². The van der Waals surface area contributed by atoms with E-state index < -0.39 is 17.6 Å². The van der Waals surface area contributed by atoms with E-state index in [1.807, 2.05) is 6.07 Å². The summed E-state index contributed by atoms with van der Waals surface area (Å²) in [7, 11) is 0. The lowest BCUT2D eigenvalue weighted by molar-refractivity contribution is -0.138. The zero-order valence-corrected chi connectivity index (χ0v) is 16.6. The Morgan fingerprint density at radius 3 is 2.57 bits per heavy atom. The van der Waals surface area contributed by atoms with Crippen LogP contribution in [-0.4, -0.2) is 27.9 Å². The summed E-state index contributed by atoms with van der Waals surface area (Å²) >= 11 is 2.18. The van der Waals surface area contributed by atoms with Gasteiger partial charge >= 0.3 is 6.18 Å². The molecule has 0 saturated carbocycles. The second-order valence-electron chi connectivity index (χ2n) is 5.44. The minimum Gasteiger partial charge on any atom is -0.368 e. The highest BCUT2D eigenvalue weighted by Gasteiger charge is 2.33. The number of carbonyl (C=O) groups excluding carboxylic acids is 1. The third-order valence-corrected chi connectivity index (χ3v) is 5.24. The predicted molar refractivity (Wildman–Crippen MR) is 103 cm³/mol. The molecule has 2 rings (SSSR count). The van der Waals surface area contributed by atoms with Crippen molar-refractivity contribution >= 4 is 41.1 Å². The van der Waals surface area contributed by atoms with Crippen LogP contribution >= 0.6 is 23.5 Å². The molecule has 0 radical (unpaired) electrons. The number of hydrogen-bond acceptors (Lipinski definition) is 7. The second-order valence-corrected chi connectivity index (χ2v) is 7.20. The lowest BCUT2D eigenvalue weighted by atomic mass is 10.0. The van der Waals surface area contributed by atoms with E-state index in [1.165, 1.54) is 23.9 Å². The van der Waals surface area contributed by atoms with Crippen molar-refractivity contribution in [3.05, 3.63) is 34.9 Å². The lowest BCUT2D eigenvalue weighted by Crippen LogP contribution is -2.16. The van der Waals surface area contributed by atoms with Crippen LogP contribution in [0.1, 0.15) is 23.6 Å². The predicted octanol–water partition coefficient (Wildman–Crippen LogP) is 3.96. The molecule has 28 heavy (non-hydrogen) atoms. The Labute approximate surface area is 168 Å². The number of thioether (sulfide) groups is 2. The van der Waals surface area contributed by atoms with Gasteiger partial charge in [0.05, 0.1) is 11.3 Å². The maximum absolute atomic E-state index is 13.1. The van der Waals surface area contributed by atoms with Crippen molar-refractivity contribution in [2.75, 3.05) is 23.1 Å². The fourth-order valence-electron chi connectivity index (χ4n) is 2.34. The highest BCUT2D eigenvalue weighted by Crippen LogP contribution is 2.34. The van der Waals surface area contributed by atoms with Crippen molar-refractivity contribution in [3.8, 4) is 6.07 Å². The van der Waals surface area contributed by atoms with E-state index in [2.05, 4.69) is 15.3 Å². The number of carbonyl (C=O) groups is 1. The molecule has 0 fully saturated rings. The van der Waals surface area contributed by atoms with Gasteiger partial charge in [0, 0.05) is 5.69 Å². The topological polar surface area (TPSA) is 105 Å². The maximum atomic E-state index is 13.1. The van der Waals surface area contributed by atoms with Gasteiger partial charge in [0.1, 0.15) is 21.7 Å². The molecule has 3 N–H and O–H groups in total. The number of nitriles is 1. The molecule has 0 aliphatic carbocycles. The number of nitrogens with one attached hydrogen (secondary N) is 1. The Bertz CT molecular complexity index is 928. The smallest absolute Gasteiger partial charge is 0.368 e. The van der Waals surface area contributed by atoms with Gasteiger partial charge < -0.3 is 11.1 Å². The minimum absolute atomic E-state index is 0.0313. The van der Waals surface area contributed by atoms with Crippen LogP contribution in [-0.2, 0) is 17.4 Å². The molecule has 148 valence electrons. The van der Waals surface area contributed by atoms with Crippen molar-refractivity contribution in [1.82, 2.24) is 9.97 Å². The second kappa shape index (κ2) is 9.16. The van der Waals surface area contributed by atoms with Crippen molar-refractivity contribution < 1.29 is 18.0 Å². The number of nitrogen functional groups attached to an aromatic ring is 1. The number of nitrogens with zero attached hydrogens (tertiary/aromatic N) is 3. The van der Waals surface area contributed by atoms with Crippen LogP contribution in [0.25, 0.3) is 0 Å². The number of aromatic nitrogens is 2. The number of benzene rings is 1. The van der Waals surface area contributed by atoms with Gasteiger partial charge in [-0.3, -0.25) is 4.79 Å². The monoisotopic (exact) mass is 427 g/mol. The van der Waals surface area contributed by atoms with E-state index in [4.69, 9.17) is 5.73 Å². The molecule has 6 nitrogen and oxygen atoms in total. The van der Waals surface area contributed by atoms with Crippen LogP contribution < -0.4 is 11.1 Å². The zero-order valence-electron chi connectivity index (χ0n) is 14.9. The standard InChI is InChI=1S/C17H16F3N5OS2/c1-3-9-4-5-10(6-12(9)17(18,19)20)23-13(26)8-28-15-11(7-21)14(27-2)24-16(22)25-15/h4-6H,3,8H2,1-2H3,(H,23,26)(H2,22,24,25). The van der Waals surface area contributed by atoms with Crippen molar-refractivity contribution in [2.24, 2.45) is 0 Å². The summed E-state index contributed by atoms with van der Waals surface area (Å²) in [5.74, 6) is -0.721. The molecule has 1 aromatic heterocycles. The van der Waals surface area contributed by atoms with Gasteiger partial charge in [0.25, 0.3) is 0 Å². The SMILES string of the molecule is CCc1ccc(NC(=O)CSc2nc(N)nc(SC)c2C#N)cc1C(F)(F)F. The molecule has 1 aromatic carbocycles. The van der Waals surface area contributed by atoms with Crippen molar-refractivity contribution in [3.63, 3.8) is 0 Å². The fraction of sp³-hybridized carbons (Fsp3) is 0.294. The number of aryl methyl sites for hydroxylation is 1. The molecule has 2 aromatic rings. The first kappa shape index (κ1) is 21.8. The summed E-state index contributed by atoms with van der Waals surface area (Å²) in [5.41, 5.74) is 5.23. The number of nitrogens with two attached hydrogens (primary N) is 1. The summed E-state index contributed by atoms with van der Waals surface area (Å²) < 4.78 is 39.4. The molecular formula is C17H16F3N5OS2. The van der Waals surface area contributed by atoms with Gasteiger partial charge in [-0.1, -0.05) is 24.8 Å². The molecule has 0 spiro atoms. The Morgan fingerprint density at radius 1 is 1.32 bits per heavy atom. The molecule has 0 bridgehead atoms. The maximum Gasteiger partial charge on any atom is 0.416 e. The number of anilines is 2. The fourth-order valence-corrected chi connectivity index (χ4v) is 3.72. The first-order valence-electron chi connectivity index (χ1n) is 7.94. The molecule has 0 aliphatic rings. The summed E-state index contributed by atoms with van der Waals surface area (Å²) in [6.07, 6.45) is -2.56. The van der Waals surface area contributed by atoms with Crippen LogP contribution in [0.4, 0.5) is 24.8 Å². The van der Waals surface area contributed by atoms with Gasteiger partial charge in [-0.25, -0.2) is 9.97 Å². The van der Waals surface area contributed by atoms with Gasteiger partial charge in [0.2, 0.25) is 11.9 Å². The highest BCUT2D eigenvalue weighted by atomic mass is 32.2. The Kier molecular flexibility index (Phi) is 7.15. The number of amides is 1. The molecule has 1 heterocycles. The minimum atomic E-state index is -4.50. The van der Waals surface area contributed by atoms with Crippen LogP contribution in [0, 0.1) is 11.3 Å². The molecule has 0 saturated heterocycles. The molecule has 0 aliphatic heterocycles. The molecular weight excluding hydrogens is 411 g/mol. The normalized spacial score (nSPS) is 11.1. The molecule has 11 heteroatoms. The van der Waals surface area contributed by atoms with Crippen LogP contribution in [0.5, 0.6) is 0 Å². The van der Waals surface area contributed by atoms with Gasteiger partial charge in [0.15, 0.2) is 0 Å². The molecule has 0 atom stereocenters. The van der Waals surface area contributed by atoms with Gasteiger partial charge in [-0.2, -0.15) is 18.4 Å². The van der Waals surface area contributed by atoms with Crippen molar-refractivity contribution in [2.45, 2.75) is 29.6 Å². The summed E-state index contributed by atoms with van der Waals surface area (Å²) in [6.45, 7) is 1.63. The zero-order chi connectivity index (χ0) is 20.9. The van der Waals surface area contributed by atoms with E-state index >= 15 is 0 Å². The Balaban J connectivity index is 2.14. The molecule has 0 unspecified atom stereocenters. The van der Waals surface area contributed by atoms with E-state index in [-0.39, 0.29) is 40.0 Å². The number of halogens is 3. The average Bonchev–Trinajstić information content (AvgIpc) is 2.65. The molecule has 1 amide bonds. The van der Waals surface area contributed by atoms with Crippen LogP contribution in [0.3, 0.4) is 0 Å². The lowest BCUT2D eigenvalue weighted by Gasteiger charge is -2.14. The van der Waals surface area contributed by atoms with E-state index in [0.717, 1.165) is 17.8 Å². The number of rotatable bonds is 6. The summed E-state index contributed by atoms with van der Waals surface area (Å²) in [6, 6.07) is 5.65. The summed E-state index contributed by atoms with van der Waals surface area (Å²) in [4.78, 5) is 20.1. The van der Waals surface area contributed by atoms with Crippen LogP contribution in [0.15, 0.2) is 28.3 Å². The van der Waals surface area contributed by atoms with Crippen molar-refractivity contribution in [1.29, 1.82) is 5.26 Å². The third-order valence-electron chi connectivity index (χ3n) is 3.58. The quantitative estimate of drug-likeness (QED) is 0.531. The highest BCUT2D eigenvalue weighted by molar-refractivity contribution is 8.00. The van der Waals surface area contributed by atoms with Crippen LogP contribution in [0.2, 0.25) is 0 Å². The van der Waals surface area contributed by atoms with Gasteiger partial charge in [-0.15, -0.1) is 11.8 Å². The van der Waals surface area contributed by atoms with E-state index in [9.17, 15) is 23.2 Å². The number of alkyl halides is 3. The third kappa shape index (κ3) is 5.30. The van der Waals surface area contributed by atoms with E-state index in [1.54, 1.807) is 13.2 Å². The average molecular weight is 427 g/mol. The largest absolute Gasteiger partial charge is 0.416 e. The first-order valence-corrected chi connectivity index (χ1v) is 10.1. The van der Waals surface area contributed by atoms with Gasteiger partial charge in [-0.05, 0) is 30.4 Å². The summed E-state index contributed by atoms with van der Waals surface area (Å²) in [5, 5.41) is 12.3. The first-order chi connectivity index (χ1) is 13.2. The number of hydrogen-bond donors (Lipinski definition) is 2. The Hall–Kier alpha value is -2.45. The Morgan fingerprint density at radius 2 is 2.00 bits per heavy atom.